The van der Waals surface area contributed by atoms with Crippen molar-refractivity contribution < 1.29 is 9.53 Å². The van der Waals surface area contributed by atoms with Crippen molar-refractivity contribution in [3.8, 4) is 0 Å². The van der Waals surface area contributed by atoms with Crippen molar-refractivity contribution in [1.82, 2.24) is 4.90 Å². The Morgan fingerprint density at radius 1 is 1.23 bits per heavy atom. The number of piperidine rings is 1. The first kappa shape index (κ1) is 17.3. The van der Waals surface area contributed by atoms with E-state index in [-0.39, 0.29) is 36.3 Å². The van der Waals surface area contributed by atoms with E-state index in [0.29, 0.717) is 12.1 Å². The number of esters is 1. The predicted octanol–water partition coefficient (Wildman–Crippen LogP) is 3.63. The summed E-state index contributed by atoms with van der Waals surface area (Å²) >= 11 is 0. The zero-order chi connectivity index (χ0) is 15.0. The van der Waals surface area contributed by atoms with E-state index in [1.54, 1.807) is 0 Å². The molecule has 2 fully saturated rings. The van der Waals surface area contributed by atoms with Gasteiger partial charge in [-0.1, -0.05) is 30.3 Å². The van der Waals surface area contributed by atoms with Gasteiger partial charge >= 0.3 is 5.97 Å². The molecule has 4 heteroatoms. The van der Waals surface area contributed by atoms with Gasteiger partial charge < -0.3 is 4.74 Å². The summed E-state index contributed by atoms with van der Waals surface area (Å²) in [5.74, 6) is 0.258. The first-order valence-electron chi connectivity index (χ1n) is 8.05. The molecule has 3 rings (SSSR count). The Labute approximate surface area is 139 Å². The van der Waals surface area contributed by atoms with E-state index in [9.17, 15) is 4.79 Å². The fourth-order valence-electron chi connectivity index (χ4n) is 4.16. The van der Waals surface area contributed by atoms with Crippen molar-refractivity contribution in [3.63, 3.8) is 0 Å². The summed E-state index contributed by atoms with van der Waals surface area (Å²) in [7, 11) is 2.21. The maximum atomic E-state index is 12.6. The Morgan fingerprint density at radius 2 is 1.91 bits per heavy atom. The SMILES string of the molecule is CC(C)OC(=O)[C@H]1C[C@H]2CC[C@H]([C@H]1c1ccccc1)N2C.Cl. The van der Waals surface area contributed by atoms with Gasteiger partial charge in [0.1, 0.15) is 0 Å². The monoisotopic (exact) mass is 323 g/mol. The van der Waals surface area contributed by atoms with Gasteiger partial charge in [0.05, 0.1) is 12.0 Å². The molecule has 2 saturated heterocycles. The highest BCUT2D eigenvalue weighted by Crippen LogP contribution is 2.47. The van der Waals surface area contributed by atoms with Crippen LogP contribution >= 0.6 is 12.4 Å². The van der Waals surface area contributed by atoms with Crippen molar-refractivity contribution in [2.75, 3.05) is 7.05 Å². The van der Waals surface area contributed by atoms with E-state index >= 15 is 0 Å². The largest absolute Gasteiger partial charge is 0.463 e. The Kier molecular flexibility index (Phi) is 5.51. The molecule has 2 bridgehead atoms. The van der Waals surface area contributed by atoms with Crippen LogP contribution in [0.1, 0.15) is 44.6 Å². The molecule has 1 aromatic rings. The van der Waals surface area contributed by atoms with Crippen LogP contribution in [0.4, 0.5) is 0 Å². The van der Waals surface area contributed by atoms with Gasteiger partial charge in [-0.05, 0) is 45.7 Å². The third-order valence-corrected chi connectivity index (χ3v) is 5.11. The Hall–Kier alpha value is -1.06. The third kappa shape index (κ3) is 3.16. The molecule has 2 aliphatic heterocycles. The molecule has 2 heterocycles. The first-order chi connectivity index (χ1) is 10.1. The summed E-state index contributed by atoms with van der Waals surface area (Å²) in [6, 6.07) is 11.5. The second-order valence-corrected chi connectivity index (χ2v) is 6.73. The molecule has 122 valence electrons. The van der Waals surface area contributed by atoms with Gasteiger partial charge in [0, 0.05) is 18.0 Å². The topological polar surface area (TPSA) is 29.5 Å². The number of ether oxygens (including phenoxy) is 1. The van der Waals surface area contributed by atoms with Gasteiger partial charge in [-0.15, -0.1) is 12.4 Å². The van der Waals surface area contributed by atoms with Gasteiger partial charge in [-0.2, -0.15) is 0 Å². The molecule has 0 saturated carbocycles. The van der Waals surface area contributed by atoms with Gasteiger partial charge in [0.25, 0.3) is 0 Å². The summed E-state index contributed by atoms with van der Waals surface area (Å²) in [4.78, 5) is 15.1. The highest BCUT2D eigenvalue weighted by Gasteiger charge is 2.49. The highest BCUT2D eigenvalue weighted by molar-refractivity contribution is 5.85. The van der Waals surface area contributed by atoms with Crippen molar-refractivity contribution in [3.05, 3.63) is 35.9 Å². The molecule has 0 unspecified atom stereocenters. The molecule has 0 spiro atoms. The molecule has 2 aliphatic rings. The van der Waals surface area contributed by atoms with Crippen LogP contribution in [-0.2, 0) is 9.53 Å². The molecule has 0 amide bonds. The fraction of sp³-hybridized carbons (Fsp3) is 0.611. The van der Waals surface area contributed by atoms with Gasteiger partial charge in [-0.25, -0.2) is 0 Å². The summed E-state index contributed by atoms with van der Waals surface area (Å²) in [5, 5.41) is 0. The molecule has 3 nitrogen and oxygen atoms in total. The highest BCUT2D eigenvalue weighted by atomic mass is 35.5. The number of likely N-dealkylation sites (N-methyl/N-ethyl adjacent to an activating group) is 1. The van der Waals surface area contributed by atoms with Crippen LogP contribution in [0, 0.1) is 5.92 Å². The average Bonchev–Trinajstić information content (AvgIpc) is 2.71. The van der Waals surface area contributed by atoms with Gasteiger partial charge in [-0.3, -0.25) is 9.69 Å². The van der Waals surface area contributed by atoms with Gasteiger partial charge in [0.2, 0.25) is 0 Å². The lowest BCUT2D eigenvalue weighted by Crippen LogP contribution is -2.48. The normalized spacial score (nSPS) is 30.9. The first-order valence-corrected chi connectivity index (χ1v) is 8.05. The van der Waals surface area contributed by atoms with Crippen molar-refractivity contribution >= 4 is 18.4 Å². The zero-order valence-electron chi connectivity index (χ0n) is 13.6. The molecule has 0 aromatic heterocycles. The van der Waals surface area contributed by atoms with Gasteiger partial charge in [0.15, 0.2) is 0 Å². The number of hydrogen-bond acceptors (Lipinski definition) is 3. The maximum Gasteiger partial charge on any atom is 0.309 e. The number of carbonyl (C=O) groups excluding carboxylic acids is 1. The zero-order valence-corrected chi connectivity index (χ0v) is 14.4. The maximum absolute atomic E-state index is 12.6. The number of carbonyl (C=O) groups is 1. The van der Waals surface area contributed by atoms with Crippen molar-refractivity contribution in [2.24, 2.45) is 5.92 Å². The van der Waals surface area contributed by atoms with E-state index in [4.69, 9.17) is 4.74 Å². The number of fused-ring (bicyclic) bond motifs is 2. The fourth-order valence-corrected chi connectivity index (χ4v) is 4.16. The number of hydrogen-bond donors (Lipinski definition) is 0. The number of halogens is 1. The molecular weight excluding hydrogens is 298 g/mol. The van der Waals surface area contributed by atoms with Crippen LogP contribution in [0.5, 0.6) is 0 Å². The molecular formula is C18H26ClNO2. The lowest BCUT2D eigenvalue weighted by Gasteiger charge is -2.42. The quantitative estimate of drug-likeness (QED) is 0.796. The standard InChI is InChI=1S/C18H25NO2.ClH/c1-12(2)21-18(20)15-11-14-9-10-16(19(14)3)17(15)13-7-5-4-6-8-13;/h4-8,12,14-17H,9-11H2,1-3H3;1H/t14-,15+,16-,17+;/m1./s1. The minimum Gasteiger partial charge on any atom is -0.463 e. The lowest BCUT2D eigenvalue weighted by atomic mass is 9.76. The van der Waals surface area contributed by atoms with E-state index in [1.807, 2.05) is 19.9 Å². The Balaban J connectivity index is 0.00000176. The van der Waals surface area contributed by atoms with Crippen LogP contribution < -0.4 is 0 Å². The Morgan fingerprint density at radius 3 is 2.55 bits per heavy atom. The molecule has 1 aromatic carbocycles. The second-order valence-electron chi connectivity index (χ2n) is 6.73. The van der Waals surface area contributed by atoms with E-state index < -0.39 is 0 Å². The smallest absolute Gasteiger partial charge is 0.309 e. The van der Waals surface area contributed by atoms with E-state index in [0.717, 1.165) is 6.42 Å². The molecule has 0 N–H and O–H groups in total. The van der Waals surface area contributed by atoms with Crippen LogP contribution in [0.2, 0.25) is 0 Å². The third-order valence-electron chi connectivity index (χ3n) is 5.11. The molecule has 0 radical (unpaired) electrons. The average molecular weight is 324 g/mol. The number of benzene rings is 1. The summed E-state index contributed by atoms with van der Waals surface area (Å²) in [5.41, 5.74) is 1.28. The summed E-state index contributed by atoms with van der Waals surface area (Å²) in [6.45, 7) is 3.86. The van der Waals surface area contributed by atoms with Crippen LogP contribution in [0.15, 0.2) is 30.3 Å². The van der Waals surface area contributed by atoms with Crippen LogP contribution in [0.3, 0.4) is 0 Å². The molecule has 4 atom stereocenters. The van der Waals surface area contributed by atoms with Crippen molar-refractivity contribution in [1.29, 1.82) is 0 Å². The molecule has 0 aliphatic carbocycles. The lowest BCUT2D eigenvalue weighted by molar-refractivity contribution is -0.156. The van der Waals surface area contributed by atoms with Crippen LogP contribution in [-0.4, -0.2) is 36.1 Å². The number of rotatable bonds is 3. The predicted molar refractivity (Wildman–Crippen MR) is 90.3 cm³/mol. The number of nitrogens with zero attached hydrogens (tertiary/aromatic N) is 1. The molecule has 22 heavy (non-hydrogen) atoms. The van der Waals surface area contributed by atoms with E-state index in [1.165, 1.54) is 18.4 Å². The summed E-state index contributed by atoms with van der Waals surface area (Å²) < 4.78 is 5.54. The van der Waals surface area contributed by atoms with Crippen LogP contribution in [0.25, 0.3) is 0 Å². The van der Waals surface area contributed by atoms with Crippen molar-refractivity contribution in [2.45, 2.75) is 57.2 Å². The van der Waals surface area contributed by atoms with E-state index in [2.05, 4.69) is 36.2 Å². The summed E-state index contributed by atoms with van der Waals surface area (Å²) in [6.07, 6.45) is 3.28. The second kappa shape index (κ2) is 7.01. The minimum absolute atomic E-state index is 0. The Bertz CT molecular complexity index is 505. The minimum atomic E-state index is -0.0359.